The van der Waals surface area contributed by atoms with Gasteiger partial charge in [0.1, 0.15) is 6.26 Å². The van der Waals surface area contributed by atoms with E-state index in [1.807, 2.05) is 13.2 Å². The summed E-state index contributed by atoms with van der Waals surface area (Å²) in [6.07, 6.45) is 3.55. The van der Waals surface area contributed by atoms with Gasteiger partial charge in [0.25, 0.3) is 0 Å². The third-order valence-corrected chi connectivity index (χ3v) is 1.42. The molecule has 0 saturated heterocycles. The molecule has 0 rings (SSSR count). The largest absolute Gasteiger partial charge is 0.496 e. The predicted molar refractivity (Wildman–Crippen MR) is 37.8 cm³/mol. The van der Waals surface area contributed by atoms with Crippen LogP contribution in [-0.2, 0) is 4.74 Å². The summed E-state index contributed by atoms with van der Waals surface area (Å²) in [6.45, 7) is 1.99. The van der Waals surface area contributed by atoms with E-state index in [1.54, 1.807) is 25.1 Å². The quantitative estimate of drug-likeness (QED) is 0.417. The highest BCUT2D eigenvalue weighted by molar-refractivity contribution is 8.02. The van der Waals surface area contributed by atoms with Gasteiger partial charge in [-0.1, -0.05) is 5.73 Å². The van der Waals surface area contributed by atoms with E-state index in [1.165, 1.54) is 0 Å². The molecule has 0 aromatic heterocycles. The van der Waals surface area contributed by atoms with E-state index in [2.05, 4.69) is 10.5 Å². The summed E-state index contributed by atoms with van der Waals surface area (Å²) >= 11 is 1.66. The average molecular weight is 130 g/mol. The zero-order valence-electron chi connectivity index (χ0n) is 5.39. The number of rotatable bonds is 2. The average Bonchev–Trinajstić information content (AvgIpc) is 1.83. The van der Waals surface area contributed by atoms with E-state index in [4.69, 9.17) is 0 Å². The lowest BCUT2D eigenvalue weighted by molar-refractivity contribution is 0.339. The number of hydrogen-bond acceptors (Lipinski definition) is 2. The van der Waals surface area contributed by atoms with Crippen molar-refractivity contribution in [3.8, 4) is 0 Å². The van der Waals surface area contributed by atoms with Gasteiger partial charge >= 0.3 is 0 Å². The predicted octanol–water partition coefficient (Wildman–Crippen LogP) is 2.01. The van der Waals surface area contributed by atoms with Crippen molar-refractivity contribution in [2.24, 2.45) is 0 Å². The van der Waals surface area contributed by atoms with Gasteiger partial charge in [-0.15, -0.1) is 11.8 Å². The first-order valence-electron chi connectivity index (χ1n) is 2.29. The third kappa shape index (κ3) is 3.85. The van der Waals surface area contributed by atoms with Crippen molar-refractivity contribution in [2.45, 2.75) is 6.92 Å². The van der Waals surface area contributed by atoms with E-state index < -0.39 is 0 Å². The van der Waals surface area contributed by atoms with Crippen LogP contribution in [0.15, 0.2) is 16.9 Å². The summed E-state index contributed by atoms with van der Waals surface area (Å²) in [6, 6.07) is 0. The molecule has 0 heterocycles. The van der Waals surface area contributed by atoms with E-state index in [-0.39, 0.29) is 0 Å². The van der Waals surface area contributed by atoms with Gasteiger partial charge in [0.15, 0.2) is 0 Å². The maximum Gasteiger partial charge on any atom is 0.125 e. The van der Waals surface area contributed by atoms with Crippen molar-refractivity contribution in [1.29, 1.82) is 0 Å². The van der Waals surface area contributed by atoms with E-state index in [0.29, 0.717) is 0 Å². The molecule has 0 aliphatic carbocycles. The molecule has 0 spiro atoms. The van der Waals surface area contributed by atoms with Gasteiger partial charge in [0.05, 0.1) is 7.11 Å². The Morgan fingerprint density at radius 3 is 2.75 bits per heavy atom. The molecule has 0 fully saturated rings. The highest BCUT2D eigenvalue weighted by Crippen LogP contribution is 2.05. The zero-order valence-corrected chi connectivity index (χ0v) is 6.21. The monoisotopic (exact) mass is 130 g/mol. The van der Waals surface area contributed by atoms with Crippen LogP contribution >= 0.6 is 11.8 Å². The molecule has 0 aliphatic heterocycles. The molecule has 1 nitrogen and oxygen atoms in total. The lowest BCUT2D eigenvalue weighted by atomic mass is 10.7. The summed E-state index contributed by atoms with van der Waals surface area (Å²) < 4.78 is 4.64. The minimum atomic E-state index is 1.13. The summed E-state index contributed by atoms with van der Waals surface area (Å²) in [5.74, 6) is 0. The number of methoxy groups -OCH3 is 1. The second-order valence-corrected chi connectivity index (χ2v) is 2.28. The van der Waals surface area contributed by atoms with Gasteiger partial charge in [0.2, 0.25) is 0 Å². The van der Waals surface area contributed by atoms with Crippen LogP contribution in [-0.4, -0.2) is 13.4 Å². The Labute approximate surface area is 54.4 Å². The Hall–Kier alpha value is -0.330. The van der Waals surface area contributed by atoms with Gasteiger partial charge < -0.3 is 4.74 Å². The van der Waals surface area contributed by atoms with Crippen molar-refractivity contribution in [3.05, 3.63) is 16.9 Å². The molecule has 0 unspecified atom stereocenters. The van der Waals surface area contributed by atoms with Crippen LogP contribution in [0.2, 0.25) is 0 Å². The molecule has 2 heteroatoms. The lowest BCUT2D eigenvalue weighted by Gasteiger charge is -1.84. The molecule has 0 radical (unpaired) electrons. The minimum absolute atomic E-state index is 1.13. The maximum absolute atomic E-state index is 4.64. The fourth-order valence-corrected chi connectivity index (χ4v) is 0.367. The van der Waals surface area contributed by atoms with E-state index >= 15 is 0 Å². The van der Waals surface area contributed by atoms with Crippen LogP contribution in [0.5, 0.6) is 0 Å². The molecule has 46 valence electrons. The second-order valence-electron chi connectivity index (χ2n) is 1.26. The fraction of sp³-hybridized carbons (Fsp3) is 0.500. The molecule has 0 bridgehead atoms. The topological polar surface area (TPSA) is 9.23 Å². The Balaban J connectivity index is 3.72. The standard InChI is InChI=1S/C6H10OS/c1-6(8-3)4-5-7-2/h5H,1-3H3. The first-order chi connectivity index (χ1) is 3.81. The summed E-state index contributed by atoms with van der Waals surface area (Å²) in [5, 5.41) is 0. The first kappa shape index (κ1) is 7.67. The Bertz CT molecular complexity index is 112. The second kappa shape index (κ2) is 4.82. The van der Waals surface area contributed by atoms with Gasteiger partial charge in [-0.05, 0) is 13.2 Å². The summed E-state index contributed by atoms with van der Waals surface area (Å²) in [4.78, 5) is 1.13. The summed E-state index contributed by atoms with van der Waals surface area (Å²) in [7, 11) is 1.61. The van der Waals surface area contributed by atoms with Gasteiger partial charge in [0, 0.05) is 4.91 Å². The molecule has 0 amide bonds. The van der Waals surface area contributed by atoms with Crippen LogP contribution < -0.4 is 0 Å². The molecule has 0 saturated carbocycles. The van der Waals surface area contributed by atoms with Gasteiger partial charge in [-0.3, -0.25) is 0 Å². The molecular weight excluding hydrogens is 120 g/mol. The molecule has 0 aromatic carbocycles. The molecule has 0 atom stereocenters. The highest BCUT2D eigenvalue weighted by atomic mass is 32.2. The molecule has 0 aromatic rings. The number of allylic oxidation sites excluding steroid dienone is 1. The van der Waals surface area contributed by atoms with Crippen LogP contribution in [0.3, 0.4) is 0 Å². The SMILES string of the molecule is COC=C=C(C)SC. The van der Waals surface area contributed by atoms with Crippen molar-refractivity contribution in [3.63, 3.8) is 0 Å². The van der Waals surface area contributed by atoms with Crippen molar-refractivity contribution >= 4 is 11.8 Å². The molecule has 0 aliphatic rings. The normalized spacial score (nSPS) is 7.38. The van der Waals surface area contributed by atoms with E-state index in [0.717, 1.165) is 4.91 Å². The maximum atomic E-state index is 4.64. The minimum Gasteiger partial charge on any atom is -0.496 e. The van der Waals surface area contributed by atoms with Gasteiger partial charge in [-0.25, -0.2) is 0 Å². The Morgan fingerprint density at radius 2 is 2.38 bits per heavy atom. The number of hydrogen-bond donors (Lipinski definition) is 0. The Morgan fingerprint density at radius 1 is 1.75 bits per heavy atom. The Kier molecular flexibility index (Phi) is 4.62. The highest BCUT2D eigenvalue weighted by Gasteiger charge is 1.75. The van der Waals surface area contributed by atoms with Crippen LogP contribution in [0.1, 0.15) is 6.92 Å². The first-order valence-corrected chi connectivity index (χ1v) is 3.52. The van der Waals surface area contributed by atoms with Crippen LogP contribution in [0.25, 0.3) is 0 Å². The zero-order chi connectivity index (χ0) is 6.41. The smallest absolute Gasteiger partial charge is 0.125 e. The fourth-order valence-electron chi connectivity index (χ4n) is 0.201. The van der Waals surface area contributed by atoms with Crippen molar-refractivity contribution in [1.82, 2.24) is 0 Å². The third-order valence-electron chi connectivity index (χ3n) is 0.686. The van der Waals surface area contributed by atoms with Crippen molar-refractivity contribution < 1.29 is 4.74 Å². The van der Waals surface area contributed by atoms with Crippen molar-refractivity contribution in [2.75, 3.05) is 13.4 Å². The molecule has 0 N–H and O–H groups in total. The lowest BCUT2D eigenvalue weighted by Crippen LogP contribution is -1.61. The number of thioether (sulfide) groups is 1. The van der Waals surface area contributed by atoms with Gasteiger partial charge in [-0.2, -0.15) is 0 Å². The molecular formula is C6H10OS. The number of ether oxygens (including phenoxy) is 1. The van der Waals surface area contributed by atoms with Crippen LogP contribution in [0, 0.1) is 0 Å². The summed E-state index contributed by atoms with van der Waals surface area (Å²) in [5.41, 5.74) is 2.91. The van der Waals surface area contributed by atoms with E-state index in [9.17, 15) is 0 Å². The van der Waals surface area contributed by atoms with Crippen LogP contribution in [0.4, 0.5) is 0 Å². The molecule has 8 heavy (non-hydrogen) atoms.